The normalized spacial score (nSPS) is 13.0. The third kappa shape index (κ3) is 5.50. The van der Waals surface area contributed by atoms with Crippen molar-refractivity contribution in [1.29, 1.82) is 0 Å². The molecule has 8 nitrogen and oxygen atoms in total. The Kier molecular flexibility index (Phi) is 8.15. The van der Waals surface area contributed by atoms with E-state index in [-0.39, 0.29) is 17.2 Å². The van der Waals surface area contributed by atoms with Crippen LogP contribution in [0.15, 0.2) is 62.0 Å². The Labute approximate surface area is 236 Å². The summed E-state index contributed by atoms with van der Waals surface area (Å²) in [5.74, 6) is 0.913. The van der Waals surface area contributed by atoms with Gasteiger partial charge in [0.1, 0.15) is 4.83 Å². The Hall–Kier alpha value is -3.15. The number of aryl methyl sites for hydroxylation is 2. The van der Waals surface area contributed by atoms with Crippen LogP contribution in [-0.4, -0.2) is 41.6 Å². The monoisotopic (exact) mass is 612 g/mol. The number of hydrogen-bond acceptors (Lipinski definition) is 8. The van der Waals surface area contributed by atoms with Crippen molar-refractivity contribution < 1.29 is 14.3 Å². The smallest absolute Gasteiger partial charge is 0.267 e. The zero-order valence-corrected chi connectivity index (χ0v) is 24.0. The molecular weight excluding hydrogens is 588 g/mol. The number of hydrazone groups is 1. The van der Waals surface area contributed by atoms with Crippen molar-refractivity contribution >= 4 is 61.4 Å². The van der Waals surface area contributed by atoms with E-state index in [1.807, 2.05) is 30.3 Å². The first kappa shape index (κ1) is 26.5. The predicted molar refractivity (Wildman–Crippen MR) is 156 cm³/mol. The van der Waals surface area contributed by atoms with Gasteiger partial charge in [-0.05, 0) is 79.3 Å². The van der Waals surface area contributed by atoms with E-state index in [9.17, 15) is 9.59 Å². The van der Waals surface area contributed by atoms with Gasteiger partial charge in [-0.25, -0.2) is 10.4 Å². The van der Waals surface area contributed by atoms with Gasteiger partial charge in [0, 0.05) is 9.35 Å². The average Bonchev–Trinajstić information content (AvgIpc) is 3.31. The fourth-order valence-corrected chi connectivity index (χ4v) is 6.75. The SMILES string of the molecule is COc1ccc(C=NNC(=O)CSc2nc3sc4c(c3c(=O)n2-c2ccc(Br)cc2)CCCC4)cc1OC. The maximum atomic E-state index is 13.8. The van der Waals surface area contributed by atoms with E-state index >= 15 is 0 Å². The van der Waals surface area contributed by atoms with Crippen LogP contribution in [0.25, 0.3) is 15.9 Å². The quantitative estimate of drug-likeness (QED) is 0.125. The number of carbonyl (C=O) groups excluding carboxylic acids is 1. The largest absolute Gasteiger partial charge is 0.493 e. The van der Waals surface area contributed by atoms with Crippen LogP contribution in [0.5, 0.6) is 11.5 Å². The number of methoxy groups -OCH3 is 2. The summed E-state index contributed by atoms with van der Waals surface area (Å²) in [7, 11) is 3.13. The number of fused-ring (bicyclic) bond motifs is 3. The minimum absolute atomic E-state index is 0.0445. The zero-order valence-electron chi connectivity index (χ0n) is 20.8. The lowest BCUT2D eigenvalue weighted by molar-refractivity contribution is -0.118. The first-order valence-corrected chi connectivity index (χ1v) is 14.6. The van der Waals surface area contributed by atoms with Crippen LogP contribution in [0, 0.1) is 0 Å². The highest BCUT2D eigenvalue weighted by molar-refractivity contribution is 9.10. The van der Waals surface area contributed by atoms with Gasteiger partial charge in [0.25, 0.3) is 11.5 Å². The molecule has 1 amide bonds. The van der Waals surface area contributed by atoms with E-state index in [2.05, 4.69) is 26.5 Å². The first-order chi connectivity index (χ1) is 18.5. The molecule has 0 bridgehead atoms. The minimum Gasteiger partial charge on any atom is -0.493 e. The Bertz CT molecular complexity index is 1580. The van der Waals surface area contributed by atoms with Crippen molar-refractivity contribution in [3.63, 3.8) is 0 Å². The summed E-state index contributed by atoms with van der Waals surface area (Å²) in [6.45, 7) is 0. The number of benzene rings is 2. The lowest BCUT2D eigenvalue weighted by Gasteiger charge is -2.13. The molecule has 1 aliphatic carbocycles. The third-order valence-corrected chi connectivity index (χ3v) is 8.84. The molecule has 0 radical (unpaired) electrons. The van der Waals surface area contributed by atoms with Gasteiger partial charge in [-0.2, -0.15) is 5.10 Å². The van der Waals surface area contributed by atoms with Gasteiger partial charge >= 0.3 is 0 Å². The highest BCUT2D eigenvalue weighted by atomic mass is 79.9. The van der Waals surface area contributed by atoms with Crippen molar-refractivity contribution in [3.8, 4) is 17.2 Å². The molecule has 0 spiro atoms. The minimum atomic E-state index is -0.311. The Balaban J connectivity index is 1.38. The lowest BCUT2D eigenvalue weighted by atomic mass is 9.97. The van der Waals surface area contributed by atoms with Crippen LogP contribution in [0.4, 0.5) is 0 Å². The number of aromatic nitrogens is 2. The lowest BCUT2D eigenvalue weighted by Crippen LogP contribution is -2.24. The van der Waals surface area contributed by atoms with Gasteiger partial charge in [0.05, 0.1) is 37.3 Å². The molecule has 0 aliphatic heterocycles. The van der Waals surface area contributed by atoms with Crippen molar-refractivity contribution in [1.82, 2.24) is 15.0 Å². The second-order valence-corrected chi connectivity index (χ2v) is 11.5. The van der Waals surface area contributed by atoms with Crippen molar-refractivity contribution in [2.24, 2.45) is 5.10 Å². The molecule has 11 heteroatoms. The number of thiophene rings is 1. The molecule has 196 valence electrons. The second-order valence-electron chi connectivity index (χ2n) is 8.60. The Morgan fingerprint density at radius 2 is 1.92 bits per heavy atom. The maximum absolute atomic E-state index is 13.8. The second kappa shape index (κ2) is 11.7. The van der Waals surface area contributed by atoms with E-state index in [0.717, 1.165) is 46.1 Å². The molecule has 2 aromatic heterocycles. The van der Waals surface area contributed by atoms with E-state index < -0.39 is 0 Å². The van der Waals surface area contributed by atoms with Crippen molar-refractivity contribution in [2.75, 3.05) is 20.0 Å². The van der Waals surface area contributed by atoms with Crippen LogP contribution in [0.3, 0.4) is 0 Å². The van der Waals surface area contributed by atoms with E-state index in [1.54, 1.807) is 42.3 Å². The molecule has 2 aromatic carbocycles. The van der Waals surface area contributed by atoms with Gasteiger partial charge in [-0.15, -0.1) is 11.3 Å². The summed E-state index contributed by atoms with van der Waals surface area (Å²) in [5, 5.41) is 5.24. The van der Waals surface area contributed by atoms with Gasteiger partial charge in [0.15, 0.2) is 16.7 Å². The Morgan fingerprint density at radius 1 is 1.16 bits per heavy atom. The summed E-state index contributed by atoms with van der Waals surface area (Å²) in [6.07, 6.45) is 5.63. The summed E-state index contributed by atoms with van der Waals surface area (Å²) in [5.41, 5.74) is 5.04. The molecule has 2 heterocycles. The summed E-state index contributed by atoms with van der Waals surface area (Å²) in [6, 6.07) is 12.9. The Morgan fingerprint density at radius 3 is 2.68 bits per heavy atom. The third-order valence-electron chi connectivity index (χ3n) is 6.19. The predicted octanol–water partition coefficient (Wildman–Crippen LogP) is 5.35. The fraction of sp³-hybridized carbons (Fsp3) is 0.259. The molecule has 1 aliphatic rings. The van der Waals surface area contributed by atoms with Crippen LogP contribution < -0.4 is 20.5 Å². The molecule has 4 aromatic rings. The van der Waals surface area contributed by atoms with Crippen molar-refractivity contribution in [2.45, 2.75) is 30.8 Å². The number of nitrogens with one attached hydrogen (secondary N) is 1. The molecule has 0 saturated carbocycles. The molecule has 38 heavy (non-hydrogen) atoms. The number of ether oxygens (including phenoxy) is 2. The number of rotatable bonds is 8. The molecule has 5 rings (SSSR count). The fourth-order valence-electron chi connectivity index (χ4n) is 4.38. The molecular formula is C27H25BrN4O4S2. The summed E-state index contributed by atoms with van der Waals surface area (Å²) >= 11 is 6.27. The van der Waals surface area contributed by atoms with Crippen LogP contribution in [0.1, 0.15) is 28.8 Å². The van der Waals surface area contributed by atoms with Crippen LogP contribution >= 0.6 is 39.0 Å². The van der Waals surface area contributed by atoms with Crippen molar-refractivity contribution in [3.05, 3.63) is 73.3 Å². The molecule has 1 N–H and O–H groups in total. The zero-order chi connectivity index (χ0) is 26.6. The number of nitrogens with zero attached hydrogens (tertiary/aromatic N) is 3. The van der Waals surface area contributed by atoms with Gasteiger partial charge in [-0.3, -0.25) is 14.2 Å². The van der Waals surface area contributed by atoms with E-state index in [4.69, 9.17) is 14.5 Å². The topological polar surface area (TPSA) is 94.8 Å². The average molecular weight is 614 g/mol. The van der Waals surface area contributed by atoms with Crippen LogP contribution in [0.2, 0.25) is 0 Å². The number of hydrogen-bond donors (Lipinski definition) is 1. The molecule has 0 atom stereocenters. The molecule has 0 unspecified atom stereocenters. The van der Waals surface area contributed by atoms with Gasteiger partial charge < -0.3 is 9.47 Å². The maximum Gasteiger partial charge on any atom is 0.267 e. The van der Waals surface area contributed by atoms with Gasteiger partial charge in [-0.1, -0.05) is 27.7 Å². The number of thioether (sulfide) groups is 1. The standard InChI is InChI=1S/C27H25BrN4O4S2/c1-35-20-12-7-16(13-21(20)36-2)14-29-31-23(33)15-37-27-30-25-24(19-5-3-4-6-22(19)38-25)26(34)32(27)18-10-8-17(28)9-11-18/h7-14H,3-6,15H2,1-2H3,(H,31,33). The van der Waals surface area contributed by atoms with Crippen LogP contribution in [-0.2, 0) is 17.6 Å². The molecule has 0 fully saturated rings. The van der Waals surface area contributed by atoms with E-state index in [1.165, 1.54) is 22.9 Å². The number of carbonyl (C=O) groups is 1. The number of halogens is 1. The van der Waals surface area contributed by atoms with Gasteiger partial charge in [0.2, 0.25) is 0 Å². The summed E-state index contributed by atoms with van der Waals surface area (Å²) < 4.78 is 13.1. The highest BCUT2D eigenvalue weighted by Crippen LogP contribution is 2.35. The van der Waals surface area contributed by atoms with E-state index in [0.29, 0.717) is 27.7 Å². The molecule has 0 saturated heterocycles. The summed E-state index contributed by atoms with van der Waals surface area (Å²) in [4.78, 5) is 33.3. The highest BCUT2D eigenvalue weighted by Gasteiger charge is 2.23. The number of amides is 1. The first-order valence-electron chi connectivity index (χ1n) is 12.0.